The van der Waals surface area contributed by atoms with E-state index in [1.807, 2.05) is 19.1 Å². The highest BCUT2D eigenvalue weighted by Crippen LogP contribution is 2.30. The summed E-state index contributed by atoms with van der Waals surface area (Å²) in [5, 5.41) is 0. The van der Waals surface area contributed by atoms with Crippen molar-refractivity contribution in [2.75, 3.05) is 0 Å². The van der Waals surface area contributed by atoms with Crippen LogP contribution in [0.25, 0.3) is 10.6 Å². The maximum Gasteiger partial charge on any atom is 0.191 e. The lowest BCUT2D eigenvalue weighted by Crippen LogP contribution is -1.60. The summed E-state index contributed by atoms with van der Waals surface area (Å²) in [6, 6.07) is 3.77. The number of aromatic nitrogens is 1. The van der Waals surface area contributed by atoms with Crippen LogP contribution >= 0.6 is 22.9 Å². The quantitative estimate of drug-likeness (QED) is 0.704. The van der Waals surface area contributed by atoms with Crippen molar-refractivity contribution < 1.29 is 4.42 Å². The lowest BCUT2D eigenvalue weighted by Gasteiger charge is -1.85. The van der Waals surface area contributed by atoms with Crippen LogP contribution in [0.3, 0.4) is 0 Å². The van der Waals surface area contributed by atoms with Crippen LogP contribution in [-0.2, 0) is 0 Å². The van der Waals surface area contributed by atoms with Crippen molar-refractivity contribution in [3.8, 4) is 10.6 Å². The molecular formula is C8H6ClNOS. The van der Waals surface area contributed by atoms with E-state index in [-0.39, 0.29) is 0 Å². The van der Waals surface area contributed by atoms with Crippen LogP contribution in [0.4, 0.5) is 0 Å². The van der Waals surface area contributed by atoms with Crippen molar-refractivity contribution in [2.24, 2.45) is 0 Å². The molecule has 2 aromatic heterocycles. The number of nitrogens with zero attached hydrogens (tertiary/aromatic N) is 1. The van der Waals surface area contributed by atoms with Crippen molar-refractivity contribution in [2.45, 2.75) is 6.92 Å². The summed E-state index contributed by atoms with van der Waals surface area (Å²) in [6.07, 6.45) is 1.71. The summed E-state index contributed by atoms with van der Waals surface area (Å²) >= 11 is 7.26. The van der Waals surface area contributed by atoms with Gasteiger partial charge < -0.3 is 4.42 Å². The van der Waals surface area contributed by atoms with Crippen LogP contribution in [0.2, 0.25) is 4.34 Å². The zero-order valence-electron chi connectivity index (χ0n) is 6.37. The molecule has 2 rings (SSSR count). The average Bonchev–Trinajstić information content (AvgIpc) is 2.58. The Morgan fingerprint density at radius 2 is 2.33 bits per heavy atom. The first kappa shape index (κ1) is 7.83. The molecule has 0 fully saturated rings. The number of thiophene rings is 1. The minimum absolute atomic E-state index is 0.675. The van der Waals surface area contributed by atoms with Crippen LogP contribution < -0.4 is 0 Å². The molecule has 2 heterocycles. The molecule has 0 N–H and O–H groups in total. The minimum Gasteiger partial charge on any atom is -0.440 e. The van der Waals surface area contributed by atoms with Crippen molar-refractivity contribution in [3.05, 3.63) is 28.6 Å². The van der Waals surface area contributed by atoms with Gasteiger partial charge in [-0.1, -0.05) is 11.6 Å². The second-order valence-corrected chi connectivity index (χ2v) is 4.06. The Bertz CT molecular complexity index is 355. The molecule has 4 heteroatoms. The summed E-state index contributed by atoms with van der Waals surface area (Å²) in [7, 11) is 0. The fraction of sp³-hybridized carbons (Fsp3) is 0.125. The molecule has 0 saturated carbocycles. The van der Waals surface area contributed by atoms with Crippen LogP contribution in [0, 0.1) is 6.92 Å². The van der Waals surface area contributed by atoms with E-state index in [1.54, 1.807) is 6.20 Å². The second kappa shape index (κ2) is 2.92. The molecule has 0 aromatic carbocycles. The normalized spacial score (nSPS) is 10.5. The summed E-state index contributed by atoms with van der Waals surface area (Å²) in [6.45, 7) is 1.82. The van der Waals surface area contributed by atoms with Gasteiger partial charge in [0.15, 0.2) is 11.7 Å². The summed E-state index contributed by atoms with van der Waals surface area (Å²) < 4.78 is 6.09. The van der Waals surface area contributed by atoms with Crippen LogP contribution in [0.1, 0.15) is 5.89 Å². The van der Waals surface area contributed by atoms with E-state index in [2.05, 4.69) is 4.98 Å². The lowest BCUT2D eigenvalue weighted by molar-refractivity contribution is 0.535. The second-order valence-electron chi connectivity index (χ2n) is 2.35. The molecule has 0 radical (unpaired) electrons. The Morgan fingerprint density at radius 3 is 2.83 bits per heavy atom. The Kier molecular flexibility index (Phi) is 1.90. The monoisotopic (exact) mass is 199 g/mol. The molecule has 0 spiro atoms. The third-order valence-electron chi connectivity index (χ3n) is 1.44. The summed E-state index contributed by atoms with van der Waals surface area (Å²) in [4.78, 5) is 5.01. The van der Waals surface area contributed by atoms with Crippen molar-refractivity contribution >= 4 is 22.9 Å². The Morgan fingerprint density at radius 1 is 1.50 bits per heavy atom. The SMILES string of the molecule is Cc1ncc(-c2ccc(Cl)s2)o1. The highest BCUT2D eigenvalue weighted by Gasteiger charge is 2.05. The number of hydrogen-bond donors (Lipinski definition) is 0. The number of hydrogen-bond acceptors (Lipinski definition) is 3. The van der Waals surface area contributed by atoms with Gasteiger partial charge in [0.2, 0.25) is 0 Å². The van der Waals surface area contributed by atoms with Gasteiger partial charge in [-0.15, -0.1) is 11.3 Å². The molecule has 0 aliphatic heterocycles. The largest absolute Gasteiger partial charge is 0.440 e. The standard InChI is InChI=1S/C8H6ClNOS/c1-5-10-4-6(11-5)7-2-3-8(9)12-7/h2-4H,1H3. The van der Waals surface area contributed by atoms with E-state index >= 15 is 0 Å². The van der Waals surface area contributed by atoms with Crippen molar-refractivity contribution in [1.82, 2.24) is 4.98 Å². The predicted octanol–water partition coefficient (Wildman–Crippen LogP) is 3.36. The van der Waals surface area contributed by atoms with E-state index in [0.29, 0.717) is 5.89 Å². The molecule has 0 aliphatic carbocycles. The van der Waals surface area contributed by atoms with Crippen LogP contribution in [0.5, 0.6) is 0 Å². The molecule has 0 amide bonds. The average molecular weight is 200 g/mol. The number of halogens is 1. The number of oxazole rings is 1. The van der Waals surface area contributed by atoms with Gasteiger partial charge >= 0.3 is 0 Å². The fourth-order valence-electron chi connectivity index (χ4n) is 0.922. The first-order chi connectivity index (χ1) is 5.75. The molecule has 12 heavy (non-hydrogen) atoms. The third-order valence-corrected chi connectivity index (χ3v) is 2.68. The zero-order valence-corrected chi connectivity index (χ0v) is 7.95. The topological polar surface area (TPSA) is 26.0 Å². The molecular weight excluding hydrogens is 194 g/mol. The highest BCUT2D eigenvalue weighted by atomic mass is 35.5. The number of aryl methyl sites for hydroxylation is 1. The van der Waals surface area contributed by atoms with Gasteiger partial charge in [0.1, 0.15) is 0 Å². The molecule has 2 nitrogen and oxygen atoms in total. The Labute approximate surface area is 78.8 Å². The van der Waals surface area contributed by atoms with Crippen LogP contribution in [0.15, 0.2) is 22.7 Å². The number of rotatable bonds is 1. The fourth-order valence-corrected chi connectivity index (χ4v) is 1.91. The molecule has 0 atom stereocenters. The summed E-state index contributed by atoms with van der Waals surface area (Å²) in [5.41, 5.74) is 0. The highest BCUT2D eigenvalue weighted by molar-refractivity contribution is 7.19. The molecule has 62 valence electrons. The summed E-state index contributed by atoms with van der Waals surface area (Å²) in [5.74, 6) is 1.46. The van der Waals surface area contributed by atoms with Gasteiger partial charge in [0.25, 0.3) is 0 Å². The molecule has 0 aliphatic rings. The maximum atomic E-state index is 5.77. The molecule has 0 unspecified atom stereocenters. The first-order valence-corrected chi connectivity index (χ1v) is 4.63. The third kappa shape index (κ3) is 1.38. The van der Waals surface area contributed by atoms with Gasteiger partial charge in [-0.05, 0) is 12.1 Å². The van der Waals surface area contributed by atoms with Gasteiger partial charge in [-0.3, -0.25) is 0 Å². The maximum absolute atomic E-state index is 5.77. The van der Waals surface area contributed by atoms with Gasteiger partial charge in [-0.25, -0.2) is 4.98 Å². The first-order valence-electron chi connectivity index (χ1n) is 3.44. The lowest BCUT2D eigenvalue weighted by atomic mass is 10.4. The minimum atomic E-state index is 0.675. The van der Waals surface area contributed by atoms with Gasteiger partial charge in [0, 0.05) is 6.92 Å². The molecule has 0 saturated heterocycles. The Hall–Kier alpha value is -0.800. The molecule has 0 bridgehead atoms. The van der Waals surface area contributed by atoms with E-state index in [1.165, 1.54) is 11.3 Å². The van der Waals surface area contributed by atoms with Crippen LogP contribution in [-0.4, -0.2) is 4.98 Å². The smallest absolute Gasteiger partial charge is 0.191 e. The van der Waals surface area contributed by atoms with E-state index in [0.717, 1.165) is 15.0 Å². The Balaban J connectivity index is 2.43. The van der Waals surface area contributed by atoms with E-state index in [4.69, 9.17) is 16.0 Å². The van der Waals surface area contributed by atoms with Gasteiger partial charge in [0.05, 0.1) is 15.4 Å². The van der Waals surface area contributed by atoms with Crippen molar-refractivity contribution in [3.63, 3.8) is 0 Å². The predicted molar refractivity (Wildman–Crippen MR) is 49.6 cm³/mol. The van der Waals surface area contributed by atoms with Crippen molar-refractivity contribution in [1.29, 1.82) is 0 Å². The van der Waals surface area contributed by atoms with Gasteiger partial charge in [-0.2, -0.15) is 0 Å². The van der Waals surface area contributed by atoms with E-state index < -0.39 is 0 Å². The van der Waals surface area contributed by atoms with E-state index in [9.17, 15) is 0 Å². The molecule has 2 aromatic rings. The zero-order chi connectivity index (χ0) is 8.55.